The quantitative estimate of drug-likeness (QED) is 0.795. The van der Waals surface area contributed by atoms with Crippen molar-refractivity contribution < 1.29 is 13.2 Å². The zero-order valence-electron chi connectivity index (χ0n) is 16.3. The van der Waals surface area contributed by atoms with E-state index < -0.39 is 16.1 Å². The van der Waals surface area contributed by atoms with Crippen LogP contribution < -0.4 is 4.90 Å². The van der Waals surface area contributed by atoms with E-state index in [0.717, 1.165) is 29.7 Å². The van der Waals surface area contributed by atoms with Crippen LogP contribution in [-0.4, -0.2) is 37.3 Å². The lowest BCUT2D eigenvalue weighted by atomic mass is 9.95. The van der Waals surface area contributed by atoms with Crippen molar-refractivity contribution in [3.63, 3.8) is 0 Å². The maximum atomic E-state index is 13.5. The number of sulfonamides is 1. The van der Waals surface area contributed by atoms with E-state index in [1.54, 1.807) is 24.3 Å². The molecule has 5 nitrogen and oxygen atoms in total. The lowest BCUT2D eigenvalue weighted by Crippen LogP contribution is -2.52. The van der Waals surface area contributed by atoms with Gasteiger partial charge in [0.15, 0.2) is 0 Å². The standard InChI is InChI=1S/C22H26N2O3S/c1-16-9-13-19(14-10-16)28(26,27)23-15-5-8-21(23)22(25)24-17(2)11-12-18-6-3-4-7-20(18)24/h3-4,6-7,9-10,13-14,17,21H,5,8,11-12,15H2,1-2H3/t17-,21+/m1/s1. The van der Waals surface area contributed by atoms with Gasteiger partial charge in [-0.3, -0.25) is 4.79 Å². The Kier molecular flexibility index (Phi) is 5.02. The second-order valence-corrected chi connectivity index (χ2v) is 9.70. The zero-order valence-corrected chi connectivity index (χ0v) is 17.2. The lowest BCUT2D eigenvalue weighted by molar-refractivity contribution is -0.122. The van der Waals surface area contributed by atoms with E-state index in [9.17, 15) is 13.2 Å². The molecule has 6 heteroatoms. The van der Waals surface area contributed by atoms with Gasteiger partial charge >= 0.3 is 0 Å². The first kappa shape index (κ1) is 19.2. The van der Waals surface area contributed by atoms with Crippen molar-refractivity contribution in [2.24, 2.45) is 0 Å². The van der Waals surface area contributed by atoms with Crippen molar-refractivity contribution >= 4 is 21.6 Å². The molecule has 2 aromatic carbocycles. The van der Waals surface area contributed by atoms with Gasteiger partial charge in [-0.15, -0.1) is 0 Å². The number of hydrogen-bond donors (Lipinski definition) is 0. The summed E-state index contributed by atoms with van der Waals surface area (Å²) < 4.78 is 27.9. The van der Waals surface area contributed by atoms with Crippen molar-refractivity contribution in [1.29, 1.82) is 0 Å². The van der Waals surface area contributed by atoms with Gasteiger partial charge in [0.2, 0.25) is 15.9 Å². The molecule has 2 aliphatic heterocycles. The fraction of sp³-hybridized carbons (Fsp3) is 0.409. The molecule has 2 heterocycles. The van der Waals surface area contributed by atoms with Crippen LogP contribution in [0.5, 0.6) is 0 Å². The summed E-state index contributed by atoms with van der Waals surface area (Å²) in [5.74, 6) is -0.104. The maximum Gasteiger partial charge on any atom is 0.245 e. The molecule has 1 saturated heterocycles. The molecule has 0 unspecified atom stereocenters. The summed E-state index contributed by atoms with van der Waals surface area (Å²) in [7, 11) is -3.70. The first-order valence-electron chi connectivity index (χ1n) is 9.89. The van der Waals surface area contributed by atoms with Crippen molar-refractivity contribution in [2.75, 3.05) is 11.4 Å². The number of carbonyl (C=O) groups is 1. The van der Waals surface area contributed by atoms with E-state index in [4.69, 9.17) is 0 Å². The Bertz CT molecular complexity index is 985. The van der Waals surface area contributed by atoms with Gasteiger partial charge in [-0.1, -0.05) is 35.9 Å². The summed E-state index contributed by atoms with van der Waals surface area (Å²) in [5.41, 5.74) is 3.08. The number of carbonyl (C=O) groups excluding carboxylic acids is 1. The van der Waals surface area contributed by atoms with Crippen molar-refractivity contribution in [3.8, 4) is 0 Å². The smallest absolute Gasteiger partial charge is 0.245 e. The Balaban J connectivity index is 1.67. The summed E-state index contributed by atoms with van der Waals surface area (Å²) in [6.45, 7) is 4.35. The van der Waals surface area contributed by atoms with E-state index in [-0.39, 0.29) is 16.8 Å². The van der Waals surface area contributed by atoms with Crippen LogP contribution >= 0.6 is 0 Å². The summed E-state index contributed by atoms with van der Waals surface area (Å²) in [6, 6.07) is 14.2. The third-order valence-electron chi connectivity index (χ3n) is 5.88. The lowest BCUT2D eigenvalue weighted by Gasteiger charge is -2.38. The van der Waals surface area contributed by atoms with Gasteiger partial charge in [0.25, 0.3) is 0 Å². The molecular formula is C22H26N2O3S. The predicted octanol–water partition coefficient (Wildman–Crippen LogP) is 3.52. The Hall–Kier alpha value is -2.18. The van der Waals surface area contributed by atoms with Crippen LogP contribution in [0.2, 0.25) is 0 Å². The number of rotatable bonds is 3. The molecule has 0 aromatic heterocycles. The number of nitrogens with zero attached hydrogens (tertiary/aromatic N) is 2. The van der Waals surface area contributed by atoms with Gasteiger partial charge in [-0.05, 0) is 63.3 Å². The van der Waals surface area contributed by atoms with E-state index >= 15 is 0 Å². The van der Waals surface area contributed by atoms with Gasteiger partial charge in [0.1, 0.15) is 6.04 Å². The summed E-state index contributed by atoms with van der Waals surface area (Å²) in [4.78, 5) is 15.6. The Morgan fingerprint density at radius 3 is 2.50 bits per heavy atom. The molecule has 0 spiro atoms. The third kappa shape index (κ3) is 3.25. The number of benzene rings is 2. The van der Waals surface area contributed by atoms with Crippen LogP contribution in [0.3, 0.4) is 0 Å². The van der Waals surface area contributed by atoms with Crippen molar-refractivity contribution in [1.82, 2.24) is 4.31 Å². The van der Waals surface area contributed by atoms with Crippen LogP contribution in [0.25, 0.3) is 0 Å². The first-order chi connectivity index (χ1) is 13.4. The minimum absolute atomic E-state index is 0.0620. The molecule has 1 fully saturated rings. The molecule has 0 bridgehead atoms. The van der Waals surface area contributed by atoms with Crippen LogP contribution in [0.15, 0.2) is 53.4 Å². The largest absolute Gasteiger partial charge is 0.308 e. The average molecular weight is 399 g/mol. The highest BCUT2D eigenvalue weighted by molar-refractivity contribution is 7.89. The molecular weight excluding hydrogens is 372 g/mol. The fourth-order valence-electron chi connectivity index (χ4n) is 4.30. The highest BCUT2D eigenvalue weighted by atomic mass is 32.2. The first-order valence-corrected chi connectivity index (χ1v) is 11.3. The molecule has 4 rings (SSSR count). The molecule has 0 saturated carbocycles. The normalized spacial score (nSPS) is 22.9. The predicted molar refractivity (Wildman–Crippen MR) is 110 cm³/mol. The molecule has 0 radical (unpaired) electrons. The Labute approximate surface area is 167 Å². The van der Waals surface area contributed by atoms with Crippen molar-refractivity contribution in [3.05, 3.63) is 59.7 Å². The van der Waals surface area contributed by atoms with Gasteiger partial charge in [0.05, 0.1) is 4.90 Å². The van der Waals surface area contributed by atoms with Gasteiger partial charge in [0, 0.05) is 18.3 Å². The molecule has 2 atom stereocenters. The van der Waals surface area contributed by atoms with E-state index in [1.165, 1.54) is 4.31 Å². The highest BCUT2D eigenvalue weighted by Crippen LogP contribution is 2.34. The Morgan fingerprint density at radius 2 is 1.75 bits per heavy atom. The van der Waals surface area contributed by atoms with Gasteiger partial charge < -0.3 is 4.90 Å². The molecule has 0 N–H and O–H groups in total. The minimum Gasteiger partial charge on any atom is -0.308 e. The number of aryl methyl sites for hydroxylation is 2. The molecule has 148 valence electrons. The van der Waals surface area contributed by atoms with Crippen LogP contribution in [0.1, 0.15) is 37.3 Å². The molecule has 28 heavy (non-hydrogen) atoms. The third-order valence-corrected chi connectivity index (χ3v) is 7.80. The summed E-state index contributed by atoms with van der Waals surface area (Å²) in [5, 5.41) is 0. The SMILES string of the molecule is Cc1ccc(S(=O)(=O)N2CCC[C@H]2C(=O)N2c3ccccc3CC[C@H]2C)cc1. The monoisotopic (exact) mass is 398 g/mol. The Morgan fingerprint density at radius 1 is 1.04 bits per heavy atom. The van der Waals surface area contributed by atoms with E-state index in [1.807, 2.05) is 36.9 Å². The number of hydrogen-bond acceptors (Lipinski definition) is 3. The summed E-state index contributed by atoms with van der Waals surface area (Å²) >= 11 is 0. The van der Waals surface area contributed by atoms with Gasteiger partial charge in [-0.25, -0.2) is 8.42 Å². The maximum absolute atomic E-state index is 13.5. The molecule has 1 amide bonds. The highest BCUT2D eigenvalue weighted by Gasteiger charge is 2.43. The average Bonchev–Trinajstić information content (AvgIpc) is 3.18. The van der Waals surface area contributed by atoms with Crippen LogP contribution in [0.4, 0.5) is 5.69 Å². The fourth-order valence-corrected chi connectivity index (χ4v) is 5.96. The van der Waals surface area contributed by atoms with Crippen LogP contribution in [-0.2, 0) is 21.2 Å². The minimum atomic E-state index is -3.70. The number of fused-ring (bicyclic) bond motifs is 1. The van der Waals surface area contributed by atoms with Crippen molar-refractivity contribution in [2.45, 2.75) is 56.5 Å². The number of para-hydroxylation sites is 1. The second kappa shape index (κ2) is 7.33. The van der Waals surface area contributed by atoms with E-state index in [0.29, 0.717) is 19.4 Å². The van der Waals surface area contributed by atoms with Gasteiger partial charge in [-0.2, -0.15) is 4.31 Å². The molecule has 2 aromatic rings. The number of anilines is 1. The molecule has 0 aliphatic carbocycles. The second-order valence-electron chi connectivity index (χ2n) is 7.81. The van der Waals surface area contributed by atoms with Crippen LogP contribution in [0, 0.1) is 6.92 Å². The number of amides is 1. The zero-order chi connectivity index (χ0) is 19.9. The molecule has 2 aliphatic rings. The summed E-state index contributed by atoms with van der Waals surface area (Å²) in [6.07, 6.45) is 3.10. The topological polar surface area (TPSA) is 57.7 Å². The van der Waals surface area contributed by atoms with E-state index in [2.05, 4.69) is 6.07 Å².